The molecule has 0 aliphatic carbocycles. The molecule has 2 rings (SSSR count). The van der Waals surface area contributed by atoms with Gasteiger partial charge in [-0.15, -0.1) is 0 Å². The predicted octanol–water partition coefficient (Wildman–Crippen LogP) is 4.49. The number of rotatable bonds is 5. The number of carbonyl (C=O) groups excluding carboxylic acids is 1. The van der Waals surface area contributed by atoms with E-state index in [1.54, 1.807) is 6.07 Å². The molecule has 1 heterocycles. The summed E-state index contributed by atoms with van der Waals surface area (Å²) in [5.74, 6) is -0.00357. The SMILES string of the molecule is Cc1ccc(NC(=O)CCCn2nc(C)c(I)c2C)cc1Cl. The van der Waals surface area contributed by atoms with E-state index in [9.17, 15) is 4.79 Å². The van der Waals surface area contributed by atoms with Crippen LogP contribution in [0.2, 0.25) is 5.02 Å². The Morgan fingerprint density at radius 1 is 1.36 bits per heavy atom. The van der Waals surface area contributed by atoms with Crippen molar-refractivity contribution in [3.05, 3.63) is 43.7 Å². The second-order valence-electron chi connectivity index (χ2n) is 5.32. The van der Waals surface area contributed by atoms with Gasteiger partial charge in [0.1, 0.15) is 0 Å². The lowest BCUT2D eigenvalue weighted by Gasteiger charge is -2.08. The van der Waals surface area contributed by atoms with Crippen molar-refractivity contribution in [2.45, 2.75) is 40.2 Å². The number of hydrogen-bond donors (Lipinski definition) is 1. The number of aryl methyl sites for hydroxylation is 3. The average molecular weight is 432 g/mol. The highest BCUT2D eigenvalue weighted by atomic mass is 127. The molecule has 0 saturated carbocycles. The summed E-state index contributed by atoms with van der Waals surface area (Å²) in [6.07, 6.45) is 1.21. The van der Waals surface area contributed by atoms with Gasteiger partial charge in [0, 0.05) is 29.4 Å². The first kappa shape index (κ1) is 17.3. The summed E-state index contributed by atoms with van der Waals surface area (Å²) >= 11 is 8.35. The molecule has 2 aromatic rings. The summed E-state index contributed by atoms with van der Waals surface area (Å²) in [4.78, 5) is 12.0. The van der Waals surface area contributed by atoms with Crippen molar-refractivity contribution in [1.29, 1.82) is 0 Å². The van der Waals surface area contributed by atoms with Crippen LogP contribution in [0.1, 0.15) is 29.8 Å². The van der Waals surface area contributed by atoms with E-state index in [4.69, 9.17) is 11.6 Å². The van der Waals surface area contributed by atoms with Crippen molar-refractivity contribution >= 4 is 45.8 Å². The Labute approximate surface area is 149 Å². The molecule has 1 aromatic carbocycles. The van der Waals surface area contributed by atoms with Crippen LogP contribution in [0.15, 0.2) is 18.2 Å². The molecule has 0 fully saturated rings. The minimum atomic E-state index is -0.00357. The third-order valence-corrected chi connectivity index (χ3v) is 5.49. The van der Waals surface area contributed by atoms with Crippen molar-refractivity contribution in [3.8, 4) is 0 Å². The van der Waals surface area contributed by atoms with Crippen LogP contribution in [0.5, 0.6) is 0 Å². The molecule has 0 aliphatic rings. The third kappa shape index (κ3) is 4.23. The fourth-order valence-electron chi connectivity index (χ4n) is 2.18. The lowest BCUT2D eigenvalue weighted by Crippen LogP contribution is -2.13. The average Bonchev–Trinajstić information content (AvgIpc) is 2.70. The summed E-state index contributed by atoms with van der Waals surface area (Å²) in [6, 6.07) is 5.54. The van der Waals surface area contributed by atoms with E-state index >= 15 is 0 Å². The molecule has 22 heavy (non-hydrogen) atoms. The fourth-order valence-corrected chi connectivity index (χ4v) is 2.74. The molecule has 6 heteroatoms. The molecule has 0 radical (unpaired) electrons. The Bertz CT molecular complexity index is 697. The van der Waals surface area contributed by atoms with E-state index in [0.29, 0.717) is 11.4 Å². The van der Waals surface area contributed by atoms with Crippen LogP contribution in [-0.2, 0) is 11.3 Å². The molecule has 0 saturated heterocycles. The molecule has 0 atom stereocenters. The number of carbonyl (C=O) groups is 1. The van der Waals surface area contributed by atoms with Gasteiger partial charge in [0.2, 0.25) is 5.91 Å². The highest BCUT2D eigenvalue weighted by Crippen LogP contribution is 2.20. The smallest absolute Gasteiger partial charge is 0.224 e. The topological polar surface area (TPSA) is 46.9 Å². The lowest BCUT2D eigenvalue weighted by atomic mass is 10.2. The van der Waals surface area contributed by atoms with Gasteiger partial charge >= 0.3 is 0 Å². The quantitative estimate of drug-likeness (QED) is 0.709. The zero-order valence-electron chi connectivity index (χ0n) is 12.9. The largest absolute Gasteiger partial charge is 0.326 e. The number of anilines is 1. The molecule has 1 aromatic heterocycles. The molecule has 1 amide bonds. The molecule has 1 N–H and O–H groups in total. The maximum Gasteiger partial charge on any atom is 0.224 e. The minimum absolute atomic E-state index is 0.00357. The van der Waals surface area contributed by atoms with Gasteiger partial charge in [-0.2, -0.15) is 5.10 Å². The molecule has 0 bridgehead atoms. The first-order valence-corrected chi connectivity index (χ1v) is 8.59. The maximum atomic E-state index is 12.0. The van der Waals surface area contributed by atoms with Crippen LogP contribution in [0.4, 0.5) is 5.69 Å². The second-order valence-corrected chi connectivity index (χ2v) is 6.81. The normalized spacial score (nSPS) is 10.8. The number of hydrogen-bond acceptors (Lipinski definition) is 2. The molecular formula is C16H19ClIN3O. The first-order chi connectivity index (χ1) is 10.4. The summed E-state index contributed by atoms with van der Waals surface area (Å²) in [7, 11) is 0. The monoisotopic (exact) mass is 431 g/mol. The van der Waals surface area contributed by atoms with Crippen LogP contribution in [0.25, 0.3) is 0 Å². The molecular weight excluding hydrogens is 413 g/mol. The number of amides is 1. The molecule has 0 unspecified atom stereocenters. The third-order valence-electron chi connectivity index (χ3n) is 3.52. The van der Waals surface area contributed by atoms with Gasteiger partial charge in [-0.1, -0.05) is 17.7 Å². The van der Waals surface area contributed by atoms with Crippen LogP contribution in [-0.4, -0.2) is 15.7 Å². The van der Waals surface area contributed by atoms with Crippen LogP contribution < -0.4 is 5.32 Å². The first-order valence-electron chi connectivity index (χ1n) is 7.14. The number of halogens is 2. The van der Waals surface area contributed by atoms with E-state index in [1.807, 2.05) is 30.7 Å². The summed E-state index contributed by atoms with van der Waals surface area (Å²) in [5.41, 5.74) is 3.93. The Balaban J connectivity index is 1.85. The summed E-state index contributed by atoms with van der Waals surface area (Å²) in [5, 5.41) is 8.01. The van der Waals surface area contributed by atoms with Gasteiger partial charge in [0.25, 0.3) is 0 Å². The fraction of sp³-hybridized carbons (Fsp3) is 0.375. The van der Waals surface area contributed by atoms with Crippen LogP contribution >= 0.6 is 34.2 Å². The van der Waals surface area contributed by atoms with Gasteiger partial charge in [0.05, 0.1) is 9.26 Å². The van der Waals surface area contributed by atoms with Gasteiger partial charge in [0.15, 0.2) is 0 Å². The summed E-state index contributed by atoms with van der Waals surface area (Å²) < 4.78 is 3.16. The zero-order valence-corrected chi connectivity index (χ0v) is 15.8. The van der Waals surface area contributed by atoms with Crippen molar-refractivity contribution in [3.63, 3.8) is 0 Å². The van der Waals surface area contributed by atoms with Crippen molar-refractivity contribution in [1.82, 2.24) is 9.78 Å². The standard InChI is InChI=1S/C16H19ClIN3O/c1-10-6-7-13(9-14(10)17)19-15(22)5-4-8-21-12(3)16(18)11(2)20-21/h6-7,9H,4-5,8H2,1-3H3,(H,19,22). The highest BCUT2D eigenvalue weighted by Gasteiger charge is 2.09. The number of nitrogens with zero attached hydrogens (tertiary/aromatic N) is 2. The van der Waals surface area contributed by atoms with Gasteiger partial charge in [-0.05, 0) is 67.5 Å². The van der Waals surface area contributed by atoms with Crippen molar-refractivity contribution in [2.75, 3.05) is 5.32 Å². The van der Waals surface area contributed by atoms with Gasteiger partial charge in [-0.3, -0.25) is 9.48 Å². The molecule has 0 aliphatic heterocycles. The molecule has 118 valence electrons. The van der Waals surface area contributed by atoms with E-state index in [1.165, 1.54) is 3.57 Å². The highest BCUT2D eigenvalue weighted by molar-refractivity contribution is 14.1. The molecule has 4 nitrogen and oxygen atoms in total. The van der Waals surface area contributed by atoms with Crippen molar-refractivity contribution < 1.29 is 4.79 Å². The Kier molecular flexibility index (Phi) is 5.86. The van der Waals surface area contributed by atoms with Gasteiger partial charge < -0.3 is 5.32 Å². The van der Waals surface area contributed by atoms with Crippen LogP contribution in [0, 0.1) is 24.3 Å². The minimum Gasteiger partial charge on any atom is -0.326 e. The van der Waals surface area contributed by atoms with E-state index in [2.05, 4.69) is 39.9 Å². The second kappa shape index (κ2) is 7.46. The van der Waals surface area contributed by atoms with E-state index < -0.39 is 0 Å². The molecule has 0 spiro atoms. The number of aromatic nitrogens is 2. The van der Waals surface area contributed by atoms with Crippen molar-refractivity contribution in [2.24, 2.45) is 0 Å². The number of benzene rings is 1. The lowest BCUT2D eigenvalue weighted by molar-refractivity contribution is -0.116. The Hall–Kier alpha value is -1.08. The van der Waals surface area contributed by atoms with Gasteiger partial charge in [-0.25, -0.2) is 0 Å². The zero-order chi connectivity index (χ0) is 16.3. The maximum absolute atomic E-state index is 12.0. The summed E-state index contributed by atoms with van der Waals surface area (Å²) in [6.45, 7) is 6.73. The van der Waals surface area contributed by atoms with Crippen LogP contribution in [0.3, 0.4) is 0 Å². The van der Waals surface area contributed by atoms with E-state index in [0.717, 1.165) is 35.6 Å². The predicted molar refractivity (Wildman–Crippen MR) is 98.5 cm³/mol. The number of nitrogens with one attached hydrogen (secondary N) is 1. The van der Waals surface area contributed by atoms with E-state index in [-0.39, 0.29) is 5.91 Å². The Morgan fingerprint density at radius 2 is 2.09 bits per heavy atom. The Morgan fingerprint density at radius 3 is 2.68 bits per heavy atom.